The Morgan fingerprint density at radius 1 is 1.22 bits per heavy atom. The van der Waals surface area contributed by atoms with Crippen LogP contribution in [0.2, 0.25) is 0 Å². The molecule has 0 saturated heterocycles. The predicted octanol–water partition coefficient (Wildman–Crippen LogP) is 3.30. The summed E-state index contributed by atoms with van der Waals surface area (Å²) in [5.74, 6) is 1.26. The van der Waals surface area contributed by atoms with Crippen LogP contribution in [-0.4, -0.2) is 29.8 Å². The Morgan fingerprint density at radius 2 is 1.91 bits per heavy atom. The smallest absolute Gasteiger partial charge is 0.189 e. The minimum Gasteiger partial charge on any atom is -0.493 e. The number of carbonyl (C=O) groups excluding carboxylic acids is 1. The van der Waals surface area contributed by atoms with Crippen LogP contribution < -0.4 is 9.47 Å². The summed E-state index contributed by atoms with van der Waals surface area (Å²) in [6.45, 7) is 4.14. The van der Waals surface area contributed by atoms with Crippen LogP contribution in [0.5, 0.6) is 11.5 Å². The van der Waals surface area contributed by atoms with Gasteiger partial charge in [0.25, 0.3) is 0 Å². The summed E-state index contributed by atoms with van der Waals surface area (Å²) in [7, 11) is 3.17. The zero-order valence-electron chi connectivity index (χ0n) is 13.8. The van der Waals surface area contributed by atoms with Crippen molar-refractivity contribution in [2.75, 3.05) is 14.2 Å². The average Bonchev–Trinajstić information content (AvgIpc) is 3.12. The first-order valence-corrected chi connectivity index (χ1v) is 7.57. The van der Waals surface area contributed by atoms with Gasteiger partial charge in [0, 0.05) is 35.4 Å². The van der Waals surface area contributed by atoms with E-state index in [9.17, 15) is 4.79 Å². The molecule has 2 aromatic rings. The van der Waals surface area contributed by atoms with Crippen LogP contribution in [0.25, 0.3) is 6.08 Å². The normalized spacial score (nSPS) is 15.3. The van der Waals surface area contributed by atoms with Crippen molar-refractivity contribution in [2.24, 2.45) is 0 Å². The molecule has 1 heterocycles. The number of methoxy groups -OCH3 is 2. The molecule has 0 amide bonds. The molecule has 1 aromatic heterocycles. The monoisotopic (exact) mass is 312 g/mol. The van der Waals surface area contributed by atoms with Crippen LogP contribution in [0.15, 0.2) is 30.1 Å². The minimum atomic E-state index is 0.0400. The van der Waals surface area contributed by atoms with Crippen molar-refractivity contribution < 1.29 is 14.3 Å². The van der Waals surface area contributed by atoms with Crippen molar-refractivity contribution in [1.29, 1.82) is 0 Å². The highest BCUT2D eigenvalue weighted by Crippen LogP contribution is 2.36. The minimum absolute atomic E-state index is 0.0400. The average molecular weight is 312 g/mol. The fourth-order valence-corrected chi connectivity index (χ4v) is 2.76. The van der Waals surface area contributed by atoms with Gasteiger partial charge in [-0.1, -0.05) is 0 Å². The zero-order chi connectivity index (χ0) is 16.6. The van der Waals surface area contributed by atoms with Crippen LogP contribution in [0.3, 0.4) is 0 Å². The molecule has 0 aliphatic heterocycles. The quantitative estimate of drug-likeness (QED) is 0.813. The van der Waals surface area contributed by atoms with E-state index in [0.29, 0.717) is 29.5 Å². The Balaban J connectivity index is 1.95. The maximum absolute atomic E-state index is 12.6. The van der Waals surface area contributed by atoms with Crippen LogP contribution in [0, 0.1) is 0 Å². The second-order valence-electron chi connectivity index (χ2n) is 5.89. The second kappa shape index (κ2) is 5.91. The van der Waals surface area contributed by atoms with E-state index in [0.717, 1.165) is 16.7 Å². The molecule has 5 nitrogen and oxygen atoms in total. The van der Waals surface area contributed by atoms with Crippen molar-refractivity contribution in [3.8, 4) is 11.5 Å². The number of aromatic nitrogens is 2. The molecule has 0 radical (unpaired) electrons. The first-order valence-electron chi connectivity index (χ1n) is 7.57. The lowest BCUT2D eigenvalue weighted by Crippen LogP contribution is -1.99. The molecule has 1 aliphatic carbocycles. The number of hydrogen-bond donors (Lipinski definition) is 0. The fourth-order valence-electron chi connectivity index (χ4n) is 2.76. The number of rotatable bonds is 4. The van der Waals surface area contributed by atoms with Gasteiger partial charge in [0.15, 0.2) is 17.3 Å². The summed E-state index contributed by atoms with van der Waals surface area (Å²) in [4.78, 5) is 12.6. The number of ketones is 1. The highest BCUT2D eigenvalue weighted by atomic mass is 16.5. The van der Waals surface area contributed by atoms with Gasteiger partial charge in [-0.05, 0) is 37.6 Å². The molecule has 0 saturated carbocycles. The molecule has 1 aliphatic rings. The second-order valence-corrected chi connectivity index (χ2v) is 5.89. The Hall–Kier alpha value is -2.56. The molecule has 0 bridgehead atoms. The summed E-state index contributed by atoms with van der Waals surface area (Å²) >= 11 is 0. The molecule has 120 valence electrons. The largest absolute Gasteiger partial charge is 0.493 e. The third-order valence-electron chi connectivity index (χ3n) is 4.02. The topological polar surface area (TPSA) is 53.4 Å². The third kappa shape index (κ3) is 2.74. The summed E-state index contributed by atoms with van der Waals surface area (Å²) in [5.41, 5.74) is 3.35. The van der Waals surface area contributed by atoms with Crippen molar-refractivity contribution in [2.45, 2.75) is 26.3 Å². The van der Waals surface area contributed by atoms with E-state index >= 15 is 0 Å². The van der Waals surface area contributed by atoms with Crippen molar-refractivity contribution in [3.05, 3.63) is 46.8 Å². The van der Waals surface area contributed by atoms with E-state index in [1.807, 2.05) is 23.0 Å². The molecular weight excluding hydrogens is 292 g/mol. The van der Waals surface area contributed by atoms with E-state index in [-0.39, 0.29) is 5.78 Å². The lowest BCUT2D eigenvalue weighted by Gasteiger charge is -2.08. The zero-order valence-corrected chi connectivity index (χ0v) is 13.8. The molecule has 0 unspecified atom stereocenters. The summed E-state index contributed by atoms with van der Waals surface area (Å²) in [6.07, 6.45) is 6.24. The molecule has 5 heteroatoms. The van der Waals surface area contributed by atoms with Gasteiger partial charge in [-0.25, -0.2) is 0 Å². The molecule has 0 atom stereocenters. The van der Waals surface area contributed by atoms with Gasteiger partial charge < -0.3 is 9.47 Å². The van der Waals surface area contributed by atoms with Gasteiger partial charge in [-0.3, -0.25) is 9.48 Å². The molecule has 0 spiro atoms. The first-order chi connectivity index (χ1) is 11.0. The van der Waals surface area contributed by atoms with Crippen molar-refractivity contribution in [3.63, 3.8) is 0 Å². The summed E-state index contributed by atoms with van der Waals surface area (Å²) in [5, 5.41) is 4.31. The van der Waals surface area contributed by atoms with Gasteiger partial charge in [0.1, 0.15) is 0 Å². The van der Waals surface area contributed by atoms with Crippen molar-refractivity contribution in [1.82, 2.24) is 9.78 Å². The van der Waals surface area contributed by atoms with Gasteiger partial charge in [0.2, 0.25) is 0 Å². The summed E-state index contributed by atoms with van der Waals surface area (Å²) in [6, 6.07) is 3.94. The fraction of sp³-hybridized carbons (Fsp3) is 0.333. The Morgan fingerprint density at radius 3 is 2.52 bits per heavy atom. The van der Waals surface area contributed by atoms with Gasteiger partial charge in [0.05, 0.1) is 20.4 Å². The molecule has 3 rings (SSSR count). The first kappa shape index (κ1) is 15.3. The number of fused-ring (bicyclic) bond motifs is 1. The van der Waals surface area contributed by atoms with Crippen LogP contribution in [0.1, 0.15) is 41.4 Å². The molecular formula is C18H20N2O3. The lowest BCUT2D eigenvalue weighted by molar-refractivity contribution is 0.104. The Labute approximate surface area is 135 Å². The van der Waals surface area contributed by atoms with E-state index in [1.54, 1.807) is 26.5 Å². The number of hydrogen-bond acceptors (Lipinski definition) is 4. The van der Waals surface area contributed by atoms with E-state index in [1.165, 1.54) is 0 Å². The van der Waals surface area contributed by atoms with Crippen molar-refractivity contribution >= 4 is 11.9 Å². The molecule has 1 aromatic carbocycles. The molecule has 23 heavy (non-hydrogen) atoms. The maximum Gasteiger partial charge on any atom is 0.189 e. The SMILES string of the molecule is COc1cc2c(cc1OC)C(=O)C(=Cc1cnn(C(C)C)c1)C2. The van der Waals surface area contributed by atoms with Gasteiger partial charge >= 0.3 is 0 Å². The third-order valence-corrected chi connectivity index (χ3v) is 4.02. The lowest BCUT2D eigenvalue weighted by atomic mass is 10.1. The van der Waals surface area contributed by atoms with Gasteiger partial charge in [-0.2, -0.15) is 5.10 Å². The maximum atomic E-state index is 12.6. The Bertz CT molecular complexity index is 788. The standard InChI is InChI=1S/C18H20N2O3/c1-11(2)20-10-12(9-19-20)5-14-6-13-7-16(22-3)17(23-4)8-15(13)18(14)21/h5,7-11H,6H2,1-4H3. The number of benzene rings is 1. The Kier molecular flexibility index (Phi) is 3.94. The number of allylic oxidation sites excluding steroid dienone is 1. The summed E-state index contributed by atoms with van der Waals surface area (Å²) < 4.78 is 12.5. The highest BCUT2D eigenvalue weighted by Gasteiger charge is 2.27. The number of nitrogens with zero attached hydrogens (tertiary/aromatic N) is 2. The van der Waals surface area contributed by atoms with E-state index in [2.05, 4.69) is 18.9 Å². The van der Waals surface area contributed by atoms with Gasteiger partial charge in [-0.15, -0.1) is 0 Å². The predicted molar refractivity (Wildman–Crippen MR) is 88.2 cm³/mol. The van der Waals surface area contributed by atoms with Crippen LogP contribution in [-0.2, 0) is 6.42 Å². The molecule has 0 fully saturated rings. The number of Topliss-reactive ketones (excluding diaryl/α,β-unsaturated/α-hetero) is 1. The number of carbonyl (C=O) groups is 1. The number of ether oxygens (including phenoxy) is 2. The van der Waals surface area contributed by atoms with E-state index < -0.39 is 0 Å². The van der Waals surface area contributed by atoms with Crippen LogP contribution >= 0.6 is 0 Å². The van der Waals surface area contributed by atoms with Crippen LogP contribution in [0.4, 0.5) is 0 Å². The highest BCUT2D eigenvalue weighted by molar-refractivity contribution is 6.15. The van der Waals surface area contributed by atoms with E-state index in [4.69, 9.17) is 9.47 Å². The molecule has 0 N–H and O–H groups in total.